The third-order valence-corrected chi connectivity index (χ3v) is 4.61. The van der Waals surface area contributed by atoms with E-state index in [2.05, 4.69) is 5.32 Å². The van der Waals surface area contributed by atoms with Crippen LogP contribution in [0.3, 0.4) is 0 Å². The quantitative estimate of drug-likeness (QED) is 0.776. The van der Waals surface area contributed by atoms with Gasteiger partial charge in [0.05, 0.1) is 23.7 Å². The zero-order valence-corrected chi connectivity index (χ0v) is 15.3. The normalized spacial score (nSPS) is 19.1. The number of imide groups is 1. The van der Waals surface area contributed by atoms with Gasteiger partial charge in [0, 0.05) is 0 Å². The Hall–Kier alpha value is -3.54. The predicted molar refractivity (Wildman–Crippen MR) is 95.7 cm³/mol. The van der Waals surface area contributed by atoms with E-state index in [0.29, 0.717) is 11.3 Å². The number of benzene rings is 2. The molecule has 2 aromatic carbocycles. The van der Waals surface area contributed by atoms with Gasteiger partial charge in [0.15, 0.2) is 0 Å². The maximum atomic E-state index is 13.0. The minimum absolute atomic E-state index is 0.0102. The maximum absolute atomic E-state index is 13.0. The van der Waals surface area contributed by atoms with Crippen LogP contribution in [-0.2, 0) is 16.5 Å². The number of alkyl halides is 3. The molecule has 1 aliphatic rings. The Bertz CT molecular complexity index is 983. The standard InChI is InChI=1S/C20H16F3N3O3/c1-19(14-3-2-4-15(11-14)20(21,22)23)17(27)26(18(28)25-19)9-10-29-16-7-5-13(12-24)6-8-16/h2-8,11H,9-10H2,1H3,(H,25,28). The Morgan fingerprint density at radius 3 is 2.48 bits per heavy atom. The van der Waals surface area contributed by atoms with Crippen LogP contribution < -0.4 is 10.1 Å². The van der Waals surface area contributed by atoms with Crippen LogP contribution in [0.25, 0.3) is 0 Å². The van der Waals surface area contributed by atoms with Crippen molar-refractivity contribution in [2.45, 2.75) is 18.6 Å². The van der Waals surface area contributed by atoms with Crippen molar-refractivity contribution in [1.29, 1.82) is 5.26 Å². The molecular weight excluding hydrogens is 387 g/mol. The molecule has 1 unspecified atom stereocenters. The summed E-state index contributed by atoms with van der Waals surface area (Å²) < 4.78 is 44.4. The van der Waals surface area contributed by atoms with Crippen LogP contribution in [0.5, 0.6) is 5.75 Å². The second-order valence-electron chi connectivity index (χ2n) is 6.58. The molecule has 1 aliphatic heterocycles. The van der Waals surface area contributed by atoms with Crippen LogP contribution >= 0.6 is 0 Å². The smallest absolute Gasteiger partial charge is 0.416 e. The van der Waals surface area contributed by atoms with Crippen molar-refractivity contribution in [3.63, 3.8) is 0 Å². The molecule has 3 amide bonds. The van der Waals surface area contributed by atoms with E-state index in [4.69, 9.17) is 10.00 Å². The number of ether oxygens (including phenoxy) is 1. The van der Waals surface area contributed by atoms with Gasteiger partial charge >= 0.3 is 12.2 Å². The average molecular weight is 403 g/mol. The number of nitriles is 1. The molecule has 0 saturated carbocycles. The molecule has 0 bridgehead atoms. The summed E-state index contributed by atoms with van der Waals surface area (Å²) in [4.78, 5) is 26.0. The summed E-state index contributed by atoms with van der Waals surface area (Å²) in [7, 11) is 0. The third kappa shape index (κ3) is 4.01. The lowest BCUT2D eigenvalue weighted by molar-refractivity contribution is -0.138. The Morgan fingerprint density at radius 1 is 1.17 bits per heavy atom. The fourth-order valence-corrected chi connectivity index (χ4v) is 2.98. The lowest BCUT2D eigenvalue weighted by Gasteiger charge is -2.23. The molecule has 3 rings (SSSR count). The van der Waals surface area contributed by atoms with Crippen molar-refractivity contribution in [1.82, 2.24) is 10.2 Å². The van der Waals surface area contributed by atoms with Crippen LogP contribution in [0.1, 0.15) is 23.6 Å². The van der Waals surface area contributed by atoms with E-state index in [1.807, 2.05) is 6.07 Å². The minimum Gasteiger partial charge on any atom is -0.492 e. The number of nitrogens with one attached hydrogen (secondary N) is 1. The van der Waals surface area contributed by atoms with Gasteiger partial charge in [0.1, 0.15) is 17.9 Å². The van der Waals surface area contributed by atoms with Crippen LogP contribution in [0.2, 0.25) is 0 Å². The first-order valence-electron chi connectivity index (χ1n) is 8.60. The van der Waals surface area contributed by atoms with Crippen LogP contribution in [0.4, 0.5) is 18.0 Å². The second-order valence-corrected chi connectivity index (χ2v) is 6.58. The maximum Gasteiger partial charge on any atom is 0.416 e. The number of halogens is 3. The van der Waals surface area contributed by atoms with Gasteiger partial charge in [-0.3, -0.25) is 9.69 Å². The van der Waals surface area contributed by atoms with Gasteiger partial charge in [0.2, 0.25) is 0 Å². The lowest BCUT2D eigenvalue weighted by atomic mass is 9.90. The molecule has 9 heteroatoms. The molecule has 1 N–H and O–H groups in total. The summed E-state index contributed by atoms with van der Waals surface area (Å²) >= 11 is 0. The van der Waals surface area contributed by atoms with E-state index < -0.39 is 29.2 Å². The molecule has 1 heterocycles. The highest BCUT2D eigenvalue weighted by molar-refractivity contribution is 6.07. The van der Waals surface area contributed by atoms with Gasteiger partial charge in [-0.1, -0.05) is 12.1 Å². The summed E-state index contributed by atoms with van der Waals surface area (Å²) in [5.41, 5.74) is -2.00. The highest BCUT2D eigenvalue weighted by Crippen LogP contribution is 2.34. The SMILES string of the molecule is CC1(c2cccc(C(F)(F)F)c2)NC(=O)N(CCOc2ccc(C#N)cc2)C1=O. The van der Waals surface area contributed by atoms with Crippen molar-refractivity contribution >= 4 is 11.9 Å². The van der Waals surface area contributed by atoms with Crippen molar-refractivity contribution < 1.29 is 27.5 Å². The molecule has 0 aliphatic carbocycles. The highest BCUT2D eigenvalue weighted by Gasteiger charge is 2.49. The van der Waals surface area contributed by atoms with Gasteiger partial charge in [0.25, 0.3) is 5.91 Å². The first-order valence-corrected chi connectivity index (χ1v) is 8.60. The molecule has 1 atom stereocenters. The zero-order chi connectivity index (χ0) is 21.2. The molecule has 0 radical (unpaired) electrons. The Morgan fingerprint density at radius 2 is 1.86 bits per heavy atom. The first kappa shape index (κ1) is 20.2. The highest BCUT2D eigenvalue weighted by atomic mass is 19.4. The number of amides is 3. The van der Waals surface area contributed by atoms with E-state index in [1.54, 1.807) is 24.3 Å². The summed E-state index contributed by atoms with van der Waals surface area (Å²) in [6, 6.07) is 11.9. The monoisotopic (exact) mass is 403 g/mol. The fraction of sp³-hybridized carbons (Fsp3) is 0.250. The summed E-state index contributed by atoms with van der Waals surface area (Å²) in [6.07, 6.45) is -4.56. The molecule has 29 heavy (non-hydrogen) atoms. The first-order chi connectivity index (χ1) is 13.6. The number of urea groups is 1. The minimum atomic E-state index is -4.56. The second kappa shape index (κ2) is 7.47. The van der Waals surface area contributed by atoms with Crippen molar-refractivity contribution in [2.75, 3.05) is 13.2 Å². The van der Waals surface area contributed by atoms with Crippen LogP contribution in [0.15, 0.2) is 48.5 Å². The summed E-state index contributed by atoms with van der Waals surface area (Å²) in [6.45, 7) is 1.27. The summed E-state index contributed by atoms with van der Waals surface area (Å²) in [5, 5.41) is 11.2. The molecule has 0 spiro atoms. The molecule has 1 saturated heterocycles. The van der Waals surface area contributed by atoms with Crippen molar-refractivity contribution in [3.05, 3.63) is 65.2 Å². The fourth-order valence-electron chi connectivity index (χ4n) is 2.98. The van der Waals surface area contributed by atoms with E-state index in [9.17, 15) is 22.8 Å². The predicted octanol–water partition coefficient (Wildman–Crippen LogP) is 3.42. The third-order valence-electron chi connectivity index (χ3n) is 4.61. The van der Waals surface area contributed by atoms with Gasteiger partial charge in [-0.25, -0.2) is 4.79 Å². The number of carbonyl (C=O) groups excluding carboxylic acids is 2. The van der Waals surface area contributed by atoms with Gasteiger partial charge in [-0.15, -0.1) is 0 Å². The Balaban J connectivity index is 1.71. The van der Waals surface area contributed by atoms with Gasteiger partial charge in [-0.2, -0.15) is 18.4 Å². The van der Waals surface area contributed by atoms with Crippen LogP contribution in [-0.4, -0.2) is 30.0 Å². The molecule has 2 aromatic rings. The van der Waals surface area contributed by atoms with E-state index >= 15 is 0 Å². The number of nitrogens with zero attached hydrogens (tertiary/aromatic N) is 2. The lowest BCUT2D eigenvalue weighted by Crippen LogP contribution is -2.41. The number of hydrogen-bond donors (Lipinski definition) is 1. The number of hydrogen-bond acceptors (Lipinski definition) is 4. The summed E-state index contributed by atoms with van der Waals surface area (Å²) in [5.74, 6) is -0.207. The number of carbonyl (C=O) groups is 2. The van der Waals surface area contributed by atoms with E-state index in [-0.39, 0.29) is 18.7 Å². The van der Waals surface area contributed by atoms with E-state index in [0.717, 1.165) is 17.0 Å². The molecule has 1 fully saturated rings. The Kier molecular flexibility index (Phi) is 5.20. The van der Waals surface area contributed by atoms with Crippen molar-refractivity contribution in [3.8, 4) is 11.8 Å². The average Bonchev–Trinajstić information content (AvgIpc) is 2.92. The topological polar surface area (TPSA) is 82.4 Å². The molecule has 6 nitrogen and oxygen atoms in total. The van der Waals surface area contributed by atoms with Crippen molar-refractivity contribution in [2.24, 2.45) is 0 Å². The van der Waals surface area contributed by atoms with Crippen LogP contribution in [0, 0.1) is 11.3 Å². The zero-order valence-electron chi connectivity index (χ0n) is 15.3. The van der Waals surface area contributed by atoms with Gasteiger partial charge in [-0.05, 0) is 48.9 Å². The molecular formula is C20H16F3N3O3. The molecule has 150 valence electrons. The number of rotatable bonds is 5. The molecule has 0 aromatic heterocycles. The largest absolute Gasteiger partial charge is 0.492 e. The van der Waals surface area contributed by atoms with Gasteiger partial charge < -0.3 is 10.1 Å². The Labute approximate surface area is 164 Å². The van der Waals surface area contributed by atoms with E-state index in [1.165, 1.54) is 19.1 Å².